The first-order valence-electron chi connectivity index (χ1n) is 18.5. The molecule has 13 heteroatoms. The molecule has 2 saturated heterocycles. The van der Waals surface area contributed by atoms with Gasteiger partial charge in [0.15, 0.2) is 5.82 Å². The van der Waals surface area contributed by atoms with Gasteiger partial charge >= 0.3 is 6.01 Å². The summed E-state index contributed by atoms with van der Waals surface area (Å²) in [7, 11) is 1.41. The van der Waals surface area contributed by atoms with Gasteiger partial charge in [-0.3, -0.25) is 4.90 Å². The number of aliphatic hydroxyl groups is 1. The van der Waals surface area contributed by atoms with Crippen molar-refractivity contribution in [2.45, 2.75) is 82.5 Å². The molecule has 3 unspecified atom stereocenters. The number of aromatic nitrogens is 3. The largest absolute Gasteiger partial charge is 0.508 e. The van der Waals surface area contributed by atoms with E-state index in [1.54, 1.807) is 6.07 Å². The number of halogens is 2. The van der Waals surface area contributed by atoms with Crippen LogP contribution in [0.5, 0.6) is 17.6 Å². The minimum atomic E-state index is -0.839. The highest BCUT2D eigenvalue weighted by atomic mass is 19.1. The number of aromatic hydroxyl groups is 1. The van der Waals surface area contributed by atoms with Gasteiger partial charge in [0.2, 0.25) is 5.88 Å². The molecule has 2 aliphatic heterocycles. The first-order valence-corrected chi connectivity index (χ1v) is 18.5. The summed E-state index contributed by atoms with van der Waals surface area (Å²) >= 11 is 0. The van der Waals surface area contributed by atoms with E-state index in [2.05, 4.69) is 28.7 Å². The maximum atomic E-state index is 17.1. The van der Waals surface area contributed by atoms with E-state index in [4.69, 9.17) is 24.9 Å². The third-order valence-corrected chi connectivity index (χ3v) is 12.1. The number of piperidine rings is 1. The zero-order chi connectivity index (χ0) is 36.4. The lowest BCUT2D eigenvalue weighted by Crippen LogP contribution is -2.61. The molecule has 52 heavy (non-hydrogen) atoms. The fourth-order valence-electron chi connectivity index (χ4n) is 9.31. The molecule has 11 nitrogen and oxygen atoms in total. The zero-order valence-corrected chi connectivity index (χ0v) is 30.1. The van der Waals surface area contributed by atoms with Crippen molar-refractivity contribution >= 4 is 27.5 Å². The van der Waals surface area contributed by atoms with Gasteiger partial charge in [0.1, 0.15) is 34.0 Å². The maximum absolute atomic E-state index is 17.1. The molecule has 4 heterocycles. The topological polar surface area (TPSA) is 139 Å². The molecule has 2 saturated carbocycles. The predicted molar refractivity (Wildman–Crippen MR) is 194 cm³/mol. The number of hydrogen-bond donors (Lipinski definition) is 3. The molecule has 0 spiro atoms. The molecule has 3 atom stereocenters. The van der Waals surface area contributed by atoms with Crippen molar-refractivity contribution < 1.29 is 33.2 Å². The first kappa shape index (κ1) is 35.1. The maximum Gasteiger partial charge on any atom is 0.319 e. The van der Waals surface area contributed by atoms with Gasteiger partial charge in [0.05, 0.1) is 33.0 Å². The lowest BCUT2D eigenvalue weighted by atomic mass is 9.67. The quantitative estimate of drug-likeness (QED) is 0.211. The van der Waals surface area contributed by atoms with Crippen LogP contribution in [0.25, 0.3) is 32.9 Å². The lowest BCUT2D eigenvalue weighted by molar-refractivity contribution is -0.0616. The molecule has 4 aromatic rings. The summed E-state index contributed by atoms with van der Waals surface area (Å²) in [5.74, 6) is -0.780. The van der Waals surface area contributed by atoms with E-state index >= 15 is 8.78 Å². The van der Waals surface area contributed by atoms with Crippen molar-refractivity contribution in [2.24, 2.45) is 17.1 Å². The Bertz CT molecular complexity index is 1990. The Morgan fingerprint density at radius 2 is 1.88 bits per heavy atom. The summed E-state index contributed by atoms with van der Waals surface area (Å²) in [5.41, 5.74) is 5.89. The normalized spacial score (nSPS) is 27.0. The standard InChI is InChI=1S/C39H48F2N6O5/c1-38(2,42)23-16-24(17-23)47-12-6-11-39(10-5-9-29(39)47)21-52-37-44-34-31(35(45-37)46-13-14-51-20-26(49)19-46)36(50-3)43-33(32(34)41)27-18-25(48)15-22-7-4-8-28(40)30(22)27/h4,7-8,15,18,23-24,26,29,48-49H,5-6,9-14,16-17,19-21,42H2,1-3H3. The van der Waals surface area contributed by atoms with Crippen LogP contribution in [0.3, 0.4) is 0 Å². The Morgan fingerprint density at radius 1 is 1.08 bits per heavy atom. The van der Waals surface area contributed by atoms with Crippen LogP contribution >= 0.6 is 0 Å². The van der Waals surface area contributed by atoms with Crippen molar-refractivity contribution in [1.29, 1.82) is 0 Å². The highest BCUT2D eigenvalue weighted by Crippen LogP contribution is 2.52. The number of nitrogens with two attached hydrogens (primary N) is 1. The Balaban J connectivity index is 1.21. The van der Waals surface area contributed by atoms with Crippen LogP contribution in [0.15, 0.2) is 30.3 Å². The van der Waals surface area contributed by atoms with Crippen LogP contribution in [0.2, 0.25) is 0 Å². The fourth-order valence-corrected chi connectivity index (χ4v) is 9.31. The van der Waals surface area contributed by atoms with Gasteiger partial charge in [-0.1, -0.05) is 18.6 Å². The lowest BCUT2D eigenvalue weighted by Gasteiger charge is -2.55. The molecule has 4 fully saturated rings. The van der Waals surface area contributed by atoms with Gasteiger partial charge in [-0.15, -0.1) is 0 Å². The second-order valence-corrected chi connectivity index (χ2v) is 15.9. The minimum Gasteiger partial charge on any atom is -0.508 e. The summed E-state index contributed by atoms with van der Waals surface area (Å²) in [6.45, 7) is 6.68. The van der Waals surface area contributed by atoms with E-state index < -0.39 is 17.7 Å². The third kappa shape index (κ3) is 6.18. The number of fused-ring (bicyclic) bond motifs is 3. The van der Waals surface area contributed by atoms with Crippen molar-refractivity contribution in [2.75, 3.05) is 51.5 Å². The third-order valence-electron chi connectivity index (χ3n) is 12.1. The van der Waals surface area contributed by atoms with E-state index in [1.807, 2.05) is 4.90 Å². The number of anilines is 1. The Labute approximate surface area is 302 Å². The summed E-state index contributed by atoms with van der Waals surface area (Å²) in [4.78, 5) is 18.6. The Hall–Kier alpha value is -3.91. The van der Waals surface area contributed by atoms with Gasteiger partial charge < -0.3 is 35.1 Å². The number of phenols is 1. The van der Waals surface area contributed by atoms with Gasteiger partial charge in [0, 0.05) is 47.1 Å². The molecule has 0 radical (unpaired) electrons. The number of likely N-dealkylation sites (tertiary alicyclic amines) is 1. The molecular formula is C39H48F2N6O5. The molecule has 278 valence electrons. The minimum absolute atomic E-state index is 0.00190. The highest BCUT2D eigenvalue weighted by molar-refractivity contribution is 6.02. The monoisotopic (exact) mass is 718 g/mol. The van der Waals surface area contributed by atoms with E-state index in [0.29, 0.717) is 49.0 Å². The second-order valence-electron chi connectivity index (χ2n) is 15.9. The fraction of sp³-hybridized carbons (Fsp3) is 0.564. The van der Waals surface area contributed by atoms with Crippen LogP contribution in [-0.2, 0) is 4.74 Å². The average molecular weight is 719 g/mol. The number of nitrogens with zero attached hydrogens (tertiary/aromatic N) is 5. The van der Waals surface area contributed by atoms with Gasteiger partial charge in [-0.25, -0.2) is 13.8 Å². The molecule has 0 bridgehead atoms. The van der Waals surface area contributed by atoms with E-state index in [-0.39, 0.29) is 69.3 Å². The highest BCUT2D eigenvalue weighted by Gasteiger charge is 2.52. The predicted octanol–water partition coefficient (Wildman–Crippen LogP) is 5.56. The smallest absolute Gasteiger partial charge is 0.319 e. The van der Waals surface area contributed by atoms with Crippen molar-refractivity contribution in [1.82, 2.24) is 19.9 Å². The first-order chi connectivity index (χ1) is 25.0. The molecule has 2 aliphatic carbocycles. The number of methoxy groups -OCH3 is 1. The van der Waals surface area contributed by atoms with Crippen LogP contribution < -0.4 is 20.1 Å². The van der Waals surface area contributed by atoms with E-state index in [0.717, 1.165) is 51.5 Å². The molecule has 2 aromatic heterocycles. The van der Waals surface area contributed by atoms with Crippen LogP contribution in [-0.4, -0.2) is 100 Å². The van der Waals surface area contributed by atoms with E-state index in [9.17, 15) is 10.2 Å². The van der Waals surface area contributed by atoms with Gasteiger partial charge in [-0.2, -0.15) is 9.97 Å². The SMILES string of the molecule is COc1nc(-c2cc(O)cc3cccc(F)c23)c(F)c2nc(OCC34CCCC3N(C3CC(C(C)(C)N)C3)CCC4)nc(N3CCOCC(O)C3)c12. The molecule has 0 amide bonds. The number of ether oxygens (including phenoxy) is 3. The van der Waals surface area contributed by atoms with Crippen LogP contribution in [0.1, 0.15) is 58.8 Å². The van der Waals surface area contributed by atoms with Crippen LogP contribution in [0.4, 0.5) is 14.6 Å². The molecule has 2 aromatic carbocycles. The average Bonchev–Trinajstić information content (AvgIpc) is 3.40. The van der Waals surface area contributed by atoms with E-state index in [1.165, 1.54) is 31.4 Å². The Kier molecular flexibility index (Phi) is 9.12. The number of aliphatic hydroxyl groups excluding tert-OH is 1. The van der Waals surface area contributed by atoms with Crippen molar-refractivity contribution in [3.8, 4) is 28.9 Å². The van der Waals surface area contributed by atoms with Gasteiger partial charge in [-0.05, 0) is 88.4 Å². The number of pyridine rings is 1. The van der Waals surface area contributed by atoms with Crippen molar-refractivity contribution in [3.63, 3.8) is 0 Å². The molecular weight excluding hydrogens is 670 g/mol. The van der Waals surface area contributed by atoms with Crippen molar-refractivity contribution in [3.05, 3.63) is 42.0 Å². The summed E-state index contributed by atoms with van der Waals surface area (Å²) < 4.78 is 50.3. The number of benzene rings is 2. The zero-order valence-electron chi connectivity index (χ0n) is 30.1. The number of phenolic OH excluding ortho intramolecular Hbond substituents is 1. The molecule has 8 rings (SSSR count). The summed E-state index contributed by atoms with van der Waals surface area (Å²) in [5, 5.41) is 22.0. The van der Waals surface area contributed by atoms with Gasteiger partial charge in [0.25, 0.3) is 0 Å². The number of hydrogen-bond acceptors (Lipinski definition) is 11. The molecule has 4 aliphatic rings. The second kappa shape index (κ2) is 13.5. The Morgan fingerprint density at radius 3 is 2.67 bits per heavy atom. The summed E-state index contributed by atoms with van der Waals surface area (Å²) in [6, 6.07) is 8.03. The number of rotatable bonds is 8. The van der Waals surface area contributed by atoms with Crippen LogP contribution in [0, 0.1) is 23.0 Å². The summed E-state index contributed by atoms with van der Waals surface area (Å²) in [6.07, 6.45) is 6.71. The number of β-amino-alcohol motifs (C(OH)–C–C–N with tert-alkyl or cyclic N) is 1. The molecule has 4 N–H and O–H groups in total.